The van der Waals surface area contributed by atoms with Gasteiger partial charge in [0, 0.05) is 4.88 Å². The van der Waals surface area contributed by atoms with Crippen molar-refractivity contribution in [1.29, 1.82) is 0 Å². The minimum atomic E-state index is -0.399. The molecule has 0 saturated carbocycles. The number of hydrogen-bond acceptors (Lipinski definition) is 3. The Labute approximate surface area is 130 Å². The number of carbonyl (C=O) groups is 2. The molecule has 1 aliphatic rings. The number of nitrogens with zero attached hydrogens (tertiary/aromatic N) is 1. The van der Waals surface area contributed by atoms with Crippen molar-refractivity contribution in [3.8, 4) is 0 Å². The van der Waals surface area contributed by atoms with E-state index in [9.17, 15) is 9.59 Å². The number of nitrogens with one attached hydrogen (secondary N) is 1. The summed E-state index contributed by atoms with van der Waals surface area (Å²) in [4.78, 5) is 28.0. The molecule has 2 rings (SSSR count). The Kier molecular flexibility index (Phi) is 5.39. The molecule has 3 atom stereocenters. The Balaban J connectivity index is 2.31. The highest BCUT2D eigenvalue weighted by Gasteiger charge is 2.41. The highest BCUT2D eigenvalue weighted by Crippen LogP contribution is 2.33. The first kappa shape index (κ1) is 16.0. The highest BCUT2D eigenvalue weighted by molar-refractivity contribution is 7.10. The van der Waals surface area contributed by atoms with Crippen molar-refractivity contribution in [3.05, 3.63) is 22.4 Å². The van der Waals surface area contributed by atoms with Crippen LogP contribution in [0, 0.1) is 0 Å². The maximum Gasteiger partial charge on any atom is 0.246 e. The Hall–Kier alpha value is -1.36. The largest absolute Gasteiger partial charge is 0.343 e. The molecule has 5 heteroatoms. The maximum absolute atomic E-state index is 12.8. The van der Waals surface area contributed by atoms with E-state index in [0.29, 0.717) is 6.42 Å². The first-order valence-corrected chi connectivity index (χ1v) is 8.64. The normalized spacial score (nSPS) is 24.0. The number of carbonyl (C=O) groups excluding carboxylic acids is 2. The summed E-state index contributed by atoms with van der Waals surface area (Å²) >= 11 is 1.66. The highest BCUT2D eigenvalue weighted by atomic mass is 32.1. The van der Waals surface area contributed by atoms with Crippen LogP contribution in [0.1, 0.15) is 57.4 Å². The van der Waals surface area contributed by atoms with Gasteiger partial charge in [0.2, 0.25) is 11.8 Å². The lowest BCUT2D eigenvalue weighted by Crippen LogP contribution is -2.62. The van der Waals surface area contributed by atoms with Crippen molar-refractivity contribution in [2.75, 3.05) is 0 Å². The topological polar surface area (TPSA) is 49.4 Å². The summed E-state index contributed by atoms with van der Waals surface area (Å²) in [5.41, 5.74) is 0. The fraction of sp³-hybridized carbons (Fsp3) is 0.625. The van der Waals surface area contributed by atoms with E-state index in [1.165, 1.54) is 4.88 Å². The van der Waals surface area contributed by atoms with Gasteiger partial charge in [0.1, 0.15) is 12.1 Å². The van der Waals surface area contributed by atoms with Crippen LogP contribution in [-0.4, -0.2) is 28.8 Å². The summed E-state index contributed by atoms with van der Waals surface area (Å²) < 4.78 is 0. The van der Waals surface area contributed by atoms with Gasteiger partial charge >= 0.3 is 0 Å². The first-order valence-electron chi connectivity index (χ1n) is 7.76. The number of piperazine rings is 1. The fourth-order valence-corrected chi connectivity index (χ4v) is 3.79. The van der Waals surface area contributed by atoms with E-state index >= 15 is 0 Å². The Morgan fingerprint density at radius 3 is 2.67 bits per heavy atom. The van der Waals surface area contributed by atoms with E-state index in [2.05, 4.69) is 18.3 Å². The lowest BCUT2D eigenvalue weighted by atomic mass is 9.99. The molecule has 1 aromatic rings. The zero-order valence-electron chi connectivity index (χ0n) is 13.0. The molecule has 0 spiro atoms. The van der Waals surface area contributed by atoms with Gasteiger partial charge in [0.15, 0.2) is 0 Å². The third-order valence-electron chi connectivity index (χ3n) is 4.01. The van der Waals surface area contributed by atoms with E-state index < -0.39 is 6.04 Å². The Bertz CT molecular complexity index is 486. The predicted molar refractivity (Wildman–Crippen MR) is 85.1 cm³/mol. The molecule has 21 heavy (non-hydrogen) atoms. The molecule has 3 unspecified atom stereocenters. The zero-order chi connectivity index (χ0) is 15.4. The molecular formula is C16H24N2O2S. The predicted octanol–water partition coefficient (Wildman–Crippen LogP) is 3.10. The maximum atomic E-state index is 12.8. The molecule has 0 radical (unpaired) electrons. The van der Waals surface area contributed by atoms with Crippen LogP contribution in [0.5, 0.6) is 0 Å². The molecule has 0 aromatic carbocycles. The van der Waals surface area contributed by atoms with Crippen molar-refractivity contribution in [2.24, 2.45) is 0 Å². The van der Waals surface area contributed by atoms with E-state index in [1.807, 2.05) is 30.2 Å². The van der Waals surface area contributed by atoms with Gasteiger partial charge in [-0.1, -0.05) is 32.8 Å². The molecule has 1 aromatic heterocycles. The zero-order valence-corrected chi connectivity index (χ0v) is 13.8. The van der Waals surface area contributed by atoms with Crippen LogP contribution >= 0.6 is 11.3 Å². The average molecular weight is 308 g/mol. The van der Waals surface area contributed by atoms with E-state index in [1.54, 1.807) is 11.3 Å². The second kappa shape index (κ2) is 7.07. The molecule has 4 nitrogen and oxygen atoms in total. The second-order valence-corrected chi connectivity index (χ2v) is 6.57. The van der Waals surface area contributed by atoms with Crippen LogP contribution in [0.15, 0.2) is 17.5 Å². The molecule has 0 bridgehead atoms. The van der Waals surface area contributed by atoms with Crippen LogP contribution in [0.4, 0.5) is 0 Å². The molecule has 1 saturated heterocycles. The number of rotatable bonds is 6. The minimum absolute atomic E-state index is 0.0166. The quantitative estimate of drug-likeness (QED) is 0.878. The first-order chi connectivity index (χ1) is 10.1. The average Bonchev–Trinajstić information content (AvgIpc) is 2.98. The van der Waals surface area contributed by atoms with E-state index in [-0.39, 0.29) is 23.9 Å². The van der Waals surface area contributed by atoms with Crippen LogP contribution in [0.25, 0.3) is 0 Å². The van der Waals surface area contributed by atoms with Crippen molar-refractivity contribution in [1.82, 2.24) is 10.2 Å². The lowest BCUT2D eigenvalue weighted by molar-refractivity contribution is -0.152. The van der Waals surface area contributed by atoms with Gasteiger partial charge < -0.3 is 10.2 Å². The van der Waals surface area contributed by atoms with Gasteiger partial charge in [-0.3, -0.25) is 9.59 Å². The third kappa shape index (κ3) is 3.28. The van der Waals surface area contributed by atoms with Crippen LogP contribution < -0.4 is 5.32 Å². The molecule has 1 aliphatic heterocycles. The summed E-state index contributed by atoms with van der Waals surface area (Å²) in [5.74, 6) is 0.0292. The number of thiophene rings is 1. The standard InChI is InChI=1S/C16H24N2O2S/c1-4-7-12-16(20)18(11(3)15(19)17-12)13(8-5-2)14-9-6-10-21-14/h6,9-13H,4-5,7-8H2,1-3H3,(H,17,19). The Morgan fingerprint density at radius 1 is 1.33 bits per heavy atom. The summed E-state index contributed by atoms with van der Waals surface area (Å²) in [6, 6.07) is 3.32. The van der Waals surface area contributed by atoms with Crippen molar-refractivity contribution in [3.63, 3.8) is 0 Å². The van der Waals surface area contributed by atoms with Crippen molar-refractivity contribution in [2.45, 2.75) is 64.6 Å². The molecule has 1 N–H and O–H groups in total. The molecular weight excluding hydrogens is 284 g/mol. The molecule has 116 valence electrons. The SMILES string of the molecule is CCCC1NC(=O)C(C)N(C(CCC)c2cccs2)C1=O. The third-order valence-corrected chi connectivity index (χ3v) is 4.99. The smallest absolute Gasteiger partial charge is 0.246 e. The fourth-order valence-electron chi connectivity index (χ4n) is 2.93. The number of hydrogen-bond donors (Lipinski definition) is 1. The van der Waals surface area contributed by atoms with Crippen LogP contribution in [0.2, 0.25) is 0 Å². The van der Waals surface area contributed by atoms with Crippen molar-refractivity contribution < 1.29 is 9.59 Å². The minimum Gasteiger partial charge on any atom is -0.343 e. The summed E-state index contributed by atoms with van der Waals surface area (Å²) in [6.45, 7) is 5.97. The van der Waals surface area contributed by atoms with Gasteiger partial charge in [-0.2, -0.15) is 0 Å². The summed E-state index contributed by atoms with van der Waals surface area (Å²) in [7, 11) is 0. The monoisotopic (exact) mass is 308 g/mol. The van der Waals surface area contributed by atoms with Crippen LogP contribution in [0.3, 0.4) is 0 Å². The van der Waals surface area contributed by atoms with Crippen LogP contribution in [-0.2, 0) is 9.59 Å². The van der Waals surface area contributed by atoms with Gasteiger partial charge in [0.25, 0.3) is 0 Å². The van der Waals surface area contributed by atoms with E-state index in [4.69, 9.17) is 0 Å². The molecule has 2 heterocycles. The lowest BCUT2D eigenvalue weighted by Gasteiger charge is -2.42. The van der Waals surface area contributed by atoms with Gasteiger partial charge in [-0.15, -0.1) is 11.3 Å². The van der Waals surface area contributed by atoms with E-state index in [0.717, 1.165) is 19.3 Å². The van der Waals surface area contributed by atoms with Gasteiger partial charge in [-0.25, -0.2) is 0 Å². The molecule has 2 amide bonds. The Morgan fingerprint density at radius 2 is 2.10 bits per heavy atom. The molecule has 0 aliphatic carbocycles. The van der Waals surface area contributed by atoms with Gasteiger partial charge in [0.05, 0.1) is 6.04 Å². The molecule has 1 fully saturated rings. The van der Waals surface area contributed by atoms with Crippen molar-refractivity contribution >= 4 is 23.2 Å². The summed E-state index contributed by atoms with van der Waals surface area (Å²) in [6.07, 6.45) is 3.47. The number of amides is 2. The second-order valence-electron chi connectivity index (χ2n) is 5.59. The van der Waals surface area contributed by atoms with Gasteiger partial charge in [-0.05, 0) is 31.2 Å². The summed E-state index contributed by atoms with van der Waals surface area (Å²) in [5, 5.41) is 4.89.